The minimum Gasteiger partial charge on any atom is -0.352 e. The van der Waals surface area contributed by atoms with Gasteiger partial charge in [0, 0.05) is 31.3 Å². The first-order valence-corrected chi connectivity index (χ1v) is 8.63. The first kappa shape index (κ1) is 17.0. The Labute approximate surface area is 148 Å². The molecule has 0 atom stereocenters. The van der Waals surface area contributed by atoms with Gasteiger partial charge in [-0.15, -0.1) is 0 Å². The summed E-state index contributed by atoms with van der Waals surface area (Å²) in [5.41, 5.74) is 3.07. The lowest BCUT2D eigenvalue weighted by molar-refractivity contribution is -0.117. The Morgan fingerprint density at radius 1 is 1.08 bits per heavy atom. The summed E-state index contributed by atoms with van der Waals surface area (Å²) < 4.78 is 0. The lowest BCUT2D eigenvalue weighted by Gasteiger charge is -2.15. The molecular formula is C21H22N2O2. The van der Waals surface area contributed by atoms with E-state index >= 15 is 0 Å². The molecule has 25 heavy (non-hydrogen) atoms. The molecule has 2 aromatic carbocycles. The molecular weight excluding hydrogens is 312 g/mol. The van der Waals surface area contributed by atoms with E-state index < -0.39 is 0 Å². The smallest absolute Gasteiger partial charge is 0.244 e. The predicted octanol–water partition coefficient (Wildman–Crippen LogP) is 3.19. The van der Waals surface area contributed by atoms with Crippen molar-refractivity contribution in [2.24, 2.45) is 0 Å². The fourth-order valence-corrected chi connectivity index (χ4v) is 2.89. The third kappa shape index (κ3) is 4.80. The molecule has 2 amide bonds. The lowest BCUT2D eigenvalue weighted by atomic mass is 10.1. The number of nitrogens with one attached hydrogen (secondary N) is 1. The number of hydrogen-bond donors (Lipinski definition) is 1. The van der Waals surface area contributed by atoms with Gasteiger partial charge in [-0.25, -0.2) is 0 Å². The van der Waals surface area contributed by atoms with E-state index in [-0.39, 0.29) is 11.8 Å². The zero-order valence-electron chi connectivity index (χ0n) is 14.2. The topological polar surface area (TPSA) is 49.4 Å². The SMILES string of the molecule is O=C(/C=C/c1ccc(N2CCCC2=O)cc1)NCCc1ccccc1. The normalized spacial score (nSPS) is 14.2. The average Bonchev–Trinajstić information content (AvgIpc) is 3.07. The minimum atomic E-state index is -0.102. The molecule has 1 aliphatic rings. The van der Waals surface area contributed by atoms with E-state index in [1.807, 2.05) is 47.4 Å². The van der Waals surface area contributed by atoms with Gasteiger partial charge in [0.25, 0.3) is 0 Å². The molecule has 0 bridgehead atoms. The fraction of sp³-hybridized carbons (Fsp3) is 0.238. The van der Waals surface area contributed by atoms with E-state index in [1.165, 1.54) is 5.56 Å². The molecule has 0 saturated carbocycles. The van der Waals surface area contributed by atoms with Crippen LogP contribution in [0.1, 0.15) is 24.0 Å². The van der Waals surface area contributed by atoms with Crippen molar-refractivity contribution in [1.29, 1.82) is 0 Å². The van der Waals surface area contributed by atoms with Crippen LogP contribution in [0.25, 0.3) is 6.08 Å². The standard InChI is InChI=1S/C21H22N2O2/c24-20(22-15-14-17-5-2-1-3-6-17)13-10-18-8-11-19(12-9-18)23-16-4-7-21(23)25/h1-3,5-6,8-13H,4,7,14-16H2,(H,22,24)/b13-10+. The molecule has 2 aromatic rings. The molecule has 0 unspecified atom stereocenters. The quantitative estimate of drug-likeness (QED) is 0.825. The van der Waals surface area contributed by atoms with E-state index in [4.69, 9.17) is 0 Å². The summed E-state index contributed by atoms with van der Waals surface area (Å²) in [5.74, 6) is 0.0795. The number of benzene rings is 2. The van der Waals surface area contributed by atoms with Crippen molar-refractivity contribution in [2.75, 3.05) is 18.0 Å². The summed E-state index contributed by atoms with van der Waals surface area (Å²) in [6.45, 7) is 1.40. The van der Waals surface area contributed by atoms with Crippen LogP contribution < -0.4 is 10.2 Å². The maximum absolute atomic E-state index is 11.9. The van der Waals surface area contributed by atoms with Gasteiger partial charge in [0.2, 0.25) is 11.8 Å². The zero-order chi connectivity index (χ0) is 17.5. The largest absolute Gasteiger partial charge is 0.352 e. The summed E-state index contributed by atoms with van der Waals surface area (Å²) >= 11 is 0. The van der Waals surface area contributed by atoms with Crippen molar-refractivity contribution in [2.45, 2.75) is 19.3 Å². The zero-order valence-corrected chi connectivity index (χ0v) is 14.2. The fourth-order valence-electron chi connectivity index (χ4n) is 2.89. The van der Waals surface area contributed by atoms with Gasteiger partial charge in [-0.1, -0.05) is 42.5 Å². The molecule has 1 fully saturated rings. The Kier molecular flexibility index (Phi) is 5.62. The summed E-state index contributed by atoms with van der Waals surface area (Å²) in [5, 5.41) is 2.88. The van der Waals surface area contributed by atoms with Crippen molar-refractivity contribution in [3.8, 4) is 0 Å². The van der Waals surface area contributed by atoms with Crippen LogP contribution in [0.3, 0.4) is 0 Å². The molecule has 0 spiro atoms. The summed E-state index contributed by atoms with van der Waals surface area (Å²) in [4.78, 5) is 25.4. The number of rotatable bonds is 6. The van der Waals surface area contributed by atoms with Gasteiger partial charge in [-0.3, -0.25) is 9.59 Å². The van der Waals surface area contributed by atoms with Gasteiger partial charge < -0.3 is 10.2 Å². The monoisotopic (exact) mass is 334 g/mol. The van der Waals surface area contributed by atoms with Crippen LogP contribution in [0.2, 0.25) is 0 Å². The highest BCUT2D eigenvalue weighted by Crippen LogP contribution is 2.21. The number of amides is 2. The minimum absolute atomic E-state index is 0.102. The van der Waals surface area contributed by atoms with Crippen molar-refractivity contribution >= 4 is 23.6 Å². The Morgan fingerprint density at radius 2 is 1.84 bits per heavy atom. The molecule has 128 valence electrons. The van der Waals surface area contributed by atoms with Gasteiger partial charge in [0.1, 0.15) is 0 Å². The first-order valence-electron chi connectivity index (χ1n) is 8.63. The Balaban J connectivity index is 1.48. The van der Waals surface area contributed by atoms with Gasteiger partial charge in [0.15, 0.2) is 0 Å². The van der Waals surface area contributed by atoms with Crippen LogP contribution in [-0.2, 0) is 16.0 Å². The molecule has 1 saturated heterocycles. The molecule has 0 radical (unpaired) electrons. The molecule has 0 aromatic heterocycles. The third-order valence-corrected chi connectivity index (χ3v) is 4.26. The lowest BCUT2D eigenvalue weighted by Crippen LogP contribution is -2.23. The van der Waals surface area contributed by atoms with E-state index in [1.54, 1.807) is 12.2 Å². The van der Waals surface area contributed by atoms with Gasteiger partial charge in [-0.05, 0) is 42.2 Å². The van der Waals surface area contributed by atoms with Gasteiger partial charge >= 0.3 is 0 Å². The van der Waals surface area contributed by atoms with Crippen LogP contribution in [0.5, 0.6) is 0 Å². The van der Waals surface area contributed by atoms with Crippen LogP contribution in [0.15, 0.2) is 60.7 Å². The van der Waals surface area contributed by atoms with Crippen LogP contribution >= 0.6 is 0 Å². The molecule has 4 nitrogen and oxygen atoms in total. The highest BCUT2D eigenvalue weighted by molar-refractivity contribution is 5.95. The van der Waals surface area contributed by atoms with Gasteiger partial charge in [-0.2, -0.15) is 0 Å². The molecule has 1 heterocycles. The van der Waals surface area contributed by atoms with Crippen LogP contribution in [0.4, 0.5) is 5.69 Å². The number of carbonyl (C=O) groups is 2. The average molecular weight is 334 g/mol. The summed E-state index contributed by atoms with van der Waals surface area (Å²) in [6, 6.07) is 17.8. The summed E-state index contributed by atoms with van der Waals surface area (Å²) in [7, 11) is 0. The molecule has 3 rings (SSSR count). The van der Waals surface area contributed by atoms with E-state index in [9.17, 15) is 9.59 Å². The maximum Gasteiger partial charge on any atom is 0.244 e. The van der Waals surface area contributed by atoms with E-state index in [2.05, 4.69) is 17.4 Å². The Bertz CT molecular complexity index is 751. The number of hydrogen-bond acceptors (Lipinski definition) is 2. The Morgan fingerprint density at radius 3 is 2.52 bits per heavy atom. The van der Waals surface area contributed by atoms with Crippen molar-refractivity contribution in [3.63, 3.8) is 0 Å². The second-order valence-corrected chi connectivity index (χ2v) is 6.10. The number of anilines is 1. The van der Waals surface area contributed by atoms with Crippen LogP contribution in [0, 0.1) is 0 Å². The van der Waals surface area contributed by atoms with Crippen molar-refractivity contribution in [3.05, 3.63) is 71.8 Å². The molecule has 0 aliphatic carbocycles. The molecule has 1 N–H and O–H groups in total. The third-order valence-electron chi connectivity index (χ3n) is 4.26. The Hall–Kier alpha value is -2.88. The second-order valence-electron chi connectivity index (χ2n) is 6.10. The van der Waals surface area contributed by atoms with E-state index in [0.29, 0.717) is 13.0 Å². The second kappa shape index (κ2) is 8.29. The predicted molar refractivity (Wildman–Crippen MR) is 100 cm³/mol. The first-order chi connectivity index (χ1) is 12.2. The highest BCUT2D eigenvalue weighted by Gasteiger charge is 2.21. The molecule has 1 aliphatic heterocycles. The van der Waals surface area contributed by atoms with Crippen molar-refractivity contribution in [1.82, 2.24) is 5.32 Å². The van der Waals surface area contributed by atoms with Gasteiger partial charge in [0.05, 0.1) is 0 Å². The summed E-state index contributed by atoms with van der Waals surface area (Å²) in [6.07, 6.45) is 5.70. The number of nitrogens with zero attached hydrogens (tertiary/aromatic N) is 1. The maximum atomic E-state index is 11.9. The van der Waals surface area contributed by atoms with Crippen molar-refractivity contribution < 1.29 is 9.59 Å². The van der Waals surface area contributed by atoms with E-state index in [0.717, 1.165) is 30.6 Å². The molecule has 4 heteroatoms. The van der Waals surface area contributed by atoms with Crippen LogP contribution in [-0.4, -0.2) is 24.9 Å². The number of carbonyl (C=O) groups excluding carboxylic acids is 2. The highest BCUT2D eigenvalue weighted by atomic mass is 16.2.